The van der Waals surface area contributed by atoms with Crippen LogP contribution in [-0.4, -0.2) is 31.3 Å². The van der Waals surface area contributed by atoms with Gasteiger partial charge in [-0.15, -0.1) is 0 Å². The quantitative estimate of drug-likeness (QED) is 0.760. The Hall–Kier alpha value is -2.31. The van der Waals surface area contributed by atoms with Crippen LogP contribution in [0, 0.1) is 0 Å². The third-order valence-corrected chi connectivity index (χ3v) is 2.04. The van der Waals surface area contributed by atoms with E-state index < -0.39 is 0 Å². The lowest BCUT2D eigenvalue weighted by molar-refractivity contribution is 0.0938. The number of hydrogen-bond donors (Lipinski definition) is 2. The molecule has 2 aromatic rings. The van der Waals surface area contributed by atoms with Crippen LogP contribution in [0.15, 0.2) is 24.8 Å². The molecule has 0 fully saturated rings. The number of carbonyl (C=O) groups is 1. The van der Waals surface area contributed by atoms with Crippen LogP contribution in [0.2, 0.25) is 0 Å². The van der Waals surface area contributed by atoms with Gasteiger partial charge in [0.15, 0.2) is 0 Å². The van der Waals surface area contributed by atoms with E-state index in [1.165, 1.54) is 18.7 Å². The van der Waals surface area contributed by atoms with Crippen molar-refractivity contribution in [1.29, 1.82) is 0 Å². The van der Waals surface area contributed by atoms with E-state index in [0.29, 0.717) is 11.4 Å². The molecular formula is C9H10N6O. The first kappa shape index (κ1) is 10.2. The fourth-order valence-corrected chi connectivity index (χ4v) is 1.20. The van der Waals surface area contributed by atoms with E-state index >= 15 is 0 Å². The summed E-state index contributed by atoms with van der Waals surface area (Å²) in [5.41, 5.74) is 0.460. The summed E-state index contributed by atoms with van der Waals surface area (Å²) in [5, 5.41) is 16.4. The Morgan fingerprint density at radius 2 is 2.38 bits per heavy atom. The van der Waals surface area contributed by atoms with Gasteiger partial charge >= 0.3 is 0 Å². The number of aromatic amines is 1. The summed E-state index contributed by atoms with van der Waals surface area (Å²) in [7, 11) is 0. The van der Waals surface area contributed by atoms with E-state index in [4.69, 9.17) is 0 Å². The number of H-pyrrole nitrogens is 1. The number of nitrogens with one attached hydrogen (secondary N) is 2. The molecule has 0 aromatic carbocycles. The monoisotopic (exact) mass is 218 g/mol. The molecule has 82 valence electrons. The van der Waals surface area contributed by atoms with Gasteiger partial charge < -0.3 is 5.32 Å². The number of rotatable bonds is 3. The molecule has 7 heteroatoms. The van der Waals surface area contributed by atoms with Gasteiger partial charge in [0.25, 0.3) is 5.91 Å². The van der Waals surface area contributed by atoms with Gasteiger partial charge in [-0.1, -0.05) is 0 Å². The third-order valence-electron chi connectivity index (χ3n) is 2.04. The first-order chi connectivity index (χ1) is 7.77. The first-order valence-corrected chi connectivity index (χ1v) is 4.70. The standard InChI is InChI=1S/C9H10N6O/c1-6(8-10-5-13-15-8)14-9(16)7-2-3-11-12-4-7/h2-6H,1H3,(H,14,16)(H,10,13,15). The third kappa shape index (κ3) is 2.19. The largest absolute Gasteiger partial charge is 0.342 e. The van der Waals surface area contributed by atoms with E-state index in [9.17, 15) is 4.79 Å². The molecule has 2 aromatic heterocycles. The smallest absolute Gasteiger partial charge is 0.253 e. The van der Waals surface area contributed by atoms with Crippen LogP contribution in [0.3, 0.4) is 0 Å². The van der Waals surface area contributed by atoms with Crippen molar-refractivity contribution in [2.24, 2.45) is 0 Å². The van der Waals surface area contributed by atoms with E-state index in [-0.39, 0.29) is 11.9 Å². The molecule has 0 saturated carbocycles. The maximum Gasteiger partial charge on any atom is 0.253 e. The van der Waals surface area contributed by atoms with Crippen LogP contribution in [0.25, 0.3) is 0 Å². The highest BCUT2D eigenvalue weighted by atomic mass is 16.1. The predicted octanol–water partition coefficient (Wildman–Crippen LogP) is 0.0857. The Morgan fingerprint density at radius 1 is 1.50 bits per heavy atom. The lowest BCUT2D eigenvalue weighted by atomic mass is 10.2. The molecule has 0 bridgehead atoms. The van der Waals surface area contributed by atoms with Crippen LogP contribution >= 0.6 is 0 Å². The second-order valence-electron chi connectivity index (χ2n) is 3.20. The predicted molar refractivity (Wildman–Crippen MR) is 54.3 cm³/mol. The molecule has 7 nitrogen and oxygen atoms in total. The van der Waals surface area contributed by atoms with Crippen LogP contribution in [0.4, 0.5) is 0 Å². The molecule has 1 atom stereocenters. The minimum atomic E-state index is -0.233. The number of carbonyl (C=O) groups excluding carboxylic acids is 1. The number of hydrogen-bond acceptors (Lipinski definition) is 5. The highest BCUT2D eigenvalue weighted by Gasteiger charge is 2.13. The minimum Gasteiger partial charge on any atom is -0.342 e. The number of nitrogens with zero attached hydrogens (tertiary/aromatic N) is 4. The summed E-state index contributed by atoms with van der Waals surface area (Å²) < 4.78 is 0. The second kappa shape index (κ2) is 4.47. The van der Waals surface area contributed by atoms with Gasteiger partial charge in [-0.3, -0.25) is 9.89 Å². The first-order valence-electron chi connectivity index (χ1n) is 4.70. The zero-order valence-corrected chi connectivity index (χ0v) is 8.58. The lowest BCUT2D eigenvalue weighted by Crippen LogP contribution is -2.27. The fraction of sp³-hybridized carbons (Fsp3) is 0.222. The van der Waals surface area contributed by atoms with E-state index in [1.54, 1.807) is 6.07 Å². The normalized spacial score (nSPS) is 12.1. The van der Waals surface area contributed by atoms with Crippen molar-refractivity contribution in [3.63, 3.8) is 0 Å². The van der Waals surface area contributed by atoms with Crippen molar-refractivity contribution < 1.29 is 4.79 Å². The van der Waals surface area contributed by atoms with Crippen molar-refractivity contribution in [3.8, 4) is 0 Å². The molecule has 2 N–H and O–H groups in total. The molecule has 0 spiro atoms. The Labute approximate surface area is 91.3 Å². The highest BCUT2D eigenvalue weighted by molar-refractivity contribution is 5.93. The summed E-state index contributed by atoms with van der Waals surface area (Å²) in [6.45, 7) is 1.81. The van der Waals surface area contributed by atoms with Gasteiger partial charge in [-0.2, -0.15) is 15.3 Å². The van der Waals surface area contributed by atoms with Crippen molar-refractivity contribution >= 4 is 5.91 Å². The molecule has 0 aliphatic rings. The molecule has 0 radical (unpaired) electrons. The van der Waals surface area contributed by atoms with Crippen molar-refractivity contribution in [3.05, 3.63) is 36.2 Å². The molecule has 0 aliphatic carbocycles. The number of aromatic nitrogens is 5. The molecule has 16 heavy (non-hydrogen) atoms. The molecular weight excluding hydrogens is 208 g/mol. The second-order valence-corrected chi connectivity index (χ2v) is 3.20. The van der Waals surface area contributed by atoms with Crippen molar-refractivity contribution in [2.45, 2.75) is 13.0 Å². The van der Waals surface area contributed by atoms with Gasteiger partial charge in [0.05, 0.1) is 24.0 Å². The van der Waals surface area contributed by atoms with E-state index in [2.05, 4.69) is 30.7 Å². The van der Waals surface area contributed by atoms with Crippen LogP contribution in [0.5, 0.6) is 0 Å². The van der Waals surface area contributed by atoms with Crippen molar-refractivity contribution in [1.82, 2.24) is 30.7 Å². The Balaban J connectivity index is 2.03. The van der Waals surface area contributed by atoms with Gasteiger partial charge in [-0.05, 0) is 13.0 Å². The topological polar surface area (TPSA) is 96.5 Å². The van der Waals surface area contributed by atoms with Gasteiger partial charge in [-0.25, -0.2) is 4.98 Å². The van der Waals surface area contributed by atoms with E-state index in [1.807, 2.05) is 6.92 Å². The summed E-state index contributed by atoms with van der Waals surface area (Å²) in [6.07, 6.45) is 4.27. The molecule has 1 unspecified atom stereocenters. The highest BCUT2D eigenvalue weighted by Crippen LogP contribution is 2.05. The molecule has 0 aliphatic heterocycles. The molecule has 0 saturated heterocycles. The minimum absolute atomic E-state index is 0.223. The van der Waals surface area contributed by atoms with Gasteiger partial charge in [0.2, 0.25) is 0 Å². The van der Waals surface area contributed by atoms with Crippen molar-refractivity contribution in [2.75, 3.05) is 0 Å². The molecule has 2 rings (SSSR count). The SMILES string of the molecule is CC(NC(=O)c1ccnnc1)c1ncn[nH]1. The lowest BCUT2D eigenvalue weighted by Gasteiger charge is -2.10. The zero-order chi connectivity index (χ0) is 11.4. The van der Waals surface area contributed by atoms with E-state index in [0.717, 1.165) is 0 Å². The summed E-state index contributed by atoms with van der Waals surface area (Å²) in [4.78, 5) is 15.7. The van der Waals surface area contributed by atoms with Crippen LogP contribution in [-0.2, 0) is 0 Å². The number of amides is 1. The Kier molecular flexibility index (Phi) is 2.86. The Morgan fingerprint density at radius 3 is 3.00 bits per heavy atom. The van der Waals surface area contributed by atoms with Gasteiger partial charge in [0, 0.05) is 0 Å². The maximum atomic E-state index is 11.7. The molecule has 1 amide bonds. The van der Waals surface area contributed by atoms with Crippen LogP contribution < -0.4 is 5.32 Å². The zero-order valence-electron chi connectivity index (χ0n) is 8.58. The average Bonchev–Trinajstić information content (AvgIpc) is 2.83. The summed E-state index contributed by atoms with van der Waals surface area (Å²) in [6, 6.07) is 1.36. The fourth-order valence-electron chi connectivity index (χ4n) is 1.20. The Bertz CT molecular complexity index is 454. The average molecular weight is 218 g/mol. The van der Waals surface area contributed by atoms with Crippen LogP contribution in [0.1, 0.15) is 29.1 Å². The summed E-state index contributed by atoms with van der Waals surface area (Å²) in [5.74, 6) is 0.383. The maximum absolute atomic E-state index is 11.7. The molecule has 2 heterocycles. The summed E-state index contributed by atoms with van der Waals surface area (Å²) >= 11 is 0. The van der Waals surface area contributed by atoms with Gasteiger partial charge in [0.1, 0.15) is 12.2 Å².